The zero-order valence-electron chi connectivity index (χ0n) is 16.4. The number of ether oxygens (including phenoxy) is 1. The highest BCUT2D eigenvalue weighted by Gasteiger charge is 2.46. The molecule has 1 aromatic rings. The number of piperazine rings is 1. The molecule has 2 bridgehead atoms. The van der Waals surface area contributed by atoms with Crippen LogP contribution in [0.25, 0.3) is 0 Å². The first kappa shape index (κ1) is 17.9. The summed E-state index contributed by atoms with van der Waals surface area (Å²) in [5, 5.41) is 0. The van der Waals surface area contributed by atoms with Gasteiger partial charge in [-0.25, -0.2) is 0 Å². The van der Waals surface area contributed by atoms with E-state index in [1.54, 1.807) is 0 Å². The molecular formula is C22H33N3O. The SMILES string of the molecule is CCC1=C2CC(N3CCN(Cc4ccccc4)CC3)(CCO2)CN1CC. The zero-order valence-corrected chi connectivity index (χ0v) is 16.4. The number of rotatable bonds is 5. The fourth-order valence-corrected chi connectivity index (χ4v) is 5.07. The molecule has 1 unspecified atom stereocenters. The highest BCUT2D eigenvalue weighted by atomic mass is 16.5. The van der Waals surface area contributed by atoms with Crippen LogP contribution in [0.15, 0.2) is 41.8 Å². The van der Waals surface area contributed by atoms with Gasteiger partial charge < -0.3 is 9.64 Å². The highest BCUT2D eigenvalue weighted by molar-refractivity contribution is 5.21. The average molecular weight is 356 g/mol. The van der Waals surface area contributed by atoms with E-state index < -0.39 is 0 Å². The second-order valence-corrected chi connectivity index (χ2v) is 7.99. The Morgan fingerprint density at radius 2 is 1.81 bits per heavy atom. The number of nitrogens with zero attached hydrogens (tertiary/aromatic N) is 3. The van der Waals surface area contributed by atoms with E-state index in [9.17, 15) is 0 Å². The van der Waals surface area contributed by atoms with Crippen LogP contribution in [0.3, 0.4) is 0 Å². The van der Waals surface area contributed by atoms with E-state index in [0.29, 0.717) is 5.54 Å². The van der Waals surface area contributed by atoms with Gasteiger partial charge in [0.15, 0.2) is 0 Å². The second-order valence-electron chi connectivity index (χ2n) is 7.99. The Morgan fingerprint density at radius 1 is 1.04 bits per heavy atom. The van der Waals surface area contributed by atoms with Gasteiger partial charge in [0.05, 0.1) is 12.3 Å². The summed E-state index contributed by atoms with van der Waals surface area (Å²) in [6.07, 6.45) is 3.37. The van der Waals surface area contributed by atoms with Crippen LogP contribution >= 0.6 is 0 Å². The van der Waals surface area contributed by atoms with Gasteiger partial charge in [-0.05, 0) is 18.9 Å². The molecule has 3 heterocycles. The Labute approximate surface area is 158 Å². The largest absolute Gasteiger partial charge is 0.496 e. The third kappa shape index (κ3) is 3.37. The number of likely N-dealkylation sites (N-methyl/N-ethyl adjacent to an activating group) is 1. The van der Waals surface area contributed by atoms with Crippen molar-refractivity contribution >= 4 is 0 Å². The van der Waals surface area contributed by atoms with Crippen molar-refractivity contribution in [2.45, 2.75) is 45.2 Å². The Morgan fingerprint density at radius 3 is 2.50 bits per heavy atom. The smallest absolute Gasteiger partial charge is 0.117 e. The molecule has 4 rings (SSSR count). The van der Waals surface area contributed by atoms with Crippen LogP contribution in [0, 0.1) is 0 Å². The van der Waals surface area contributed by atoms with Crippen molar-refractivity contribution < 1.29 is 4.74 Å². The third-order valence-corrected chi connectivity index (χ3v) is 6.53. The molecular weight excluding hydrogens is 322 g/mol. The van der Waals surface area contributed by atoms with E-state index in [1.807, 2.05) is 0 Å². The Kier molecular flexibility index (Phi) is 5.23. The van der Waals surface area contributed by atoms with Gasteiger partial charge in [-0.2, -0.15) is 0 Å². The molecule has 2 fully saturated rings. The molecule has 4 heteroatoms. The van der Waals surface area contributed by atoms with Gasteiger partial charge >= 0.3 is 0 Å². The fraction of sp³-hybridized carbons (Fsp3) is 0.636. The van der Waals surface area contributed by atoms with Crippen LogP contribution < -0.4 is 0 Å². The lowest BCUT2D eigenvalue weighted by Crippen LogP contribution is -2.64. The summed E-state index contributed by atoms with van der Waals surface area (Å²) in [4.78, 5) is 7.97. The second kappa shape index (κ2) is 7.61. The lowest BCUT2D eigenvalue weighted by Gasteiger charge is -2.55. The molecule has 2 saturated heterocycles. The molecule has 3 aliphatic heterocycles. The van der Waals surface area contributed by atoms with Gasteiger partial charge in [-0.15, -0.1) is 0 Å². The summed E-state index contributed by atoms with van der Waals surface area (Å²) in [5.41, 5.74) is 3.17. The molecule has 0 N–H and O–H groups in total. The number of allylic oxidation sites excluding steroid dienone is 1. The molecule has 0 saturated carbocycles. The highest BCUT2D eigenvalue weighted by Crippen LogP contribution is 2.41. The predicted octanol–water partition coefficient (Wildman–Crippen LogP) is 3.31. The lowest BCUT2D eigenvalue weighted by atomic mass is 9.81. The van der Waals surface area contributed by atoms with Crippen LogP contribution in [0.4, 0.5) is 0 Å². The predicted molar refractivity (Wildman–Crippen MR) is 106 cm³/mol. The van der Waals surface area contributed by atoms with E-state index in [0.717, 1.165) is 32.5 Å². The maximum atomic E-state index is 6.10. The third-order valence-electron chi connectivity index (χ3n) is 6.53. The van der Waals surface area contributed by atoms with Crippen molar-refractivity contribution in [2.24, 2.45) is 0 Å². The number of fused-ring (bicyclic) bond motifs is 2. The minimum absolute atomic E-state index is 0.293. The van der Waals surface area contributed by atoms with Gasteiger partial charge in [0.2, 0.25) is 0 Å². The topological polar surface area (TPSA) is 19.0 Å². The number of hydrogen-bond donors (Lipinski definition) is 0. The van der Waals surface area contributed by atoms with E-state index >= 15 is 0 Å². The molecule has 0 aromatic heterocycles. The molecule has 3 aliphatic rings. The Hall–Kier alpha value is -1.52. The van der Waals surface area contributed by atoms with Crippen LogP contribution in [0.5, 0.6) is 0 Å². The van der Waals surface area contributed by atoms with E-state index in [2.05, 4.69) is 58.9 Å². The maximum Gasteiger partial charge on any atom is 0.117 e. The van der Waals surface area contributed by atoms with Crippen molar-refractivity contribution in [1.82, 2.24) is 14.7 Å². The molecule has 0 aliphatic carbocycles. The molecule has 0 radical (unpaired) electrons. The number of hydrogen-bond acceptors (Lipinski definition) is 4. The summed E-state index contributed by atoms with van der Waals surface area (Å²) >= 11 is 0. The first-order chi connectivity index (χ1) is 12.7. The Balaban J connectivity index is 1.43. The summed E-state index contributed by atoms with van der Waals surface area (Å²) in [6.45, 7) is 13.5. The molecule has 4 nitrogen and oxygen atoms in total. The van der Waals surface area contributed by atoms with Crippen molar-refractivity contribution in [3.8, 4) is 0 Å². The Bertz CT molecular complexity index is 636. The maximum absolute atomic E-state index is 6.10. The van der Waals surface area contributed by atoms with Crippen LogP contribution in [-0.2, 0) is 11.3 Å². The summed E-state index contributed by atoms with van der Waals surface area (Å²) in [7, 11) is 0. The molecule has 1 aromatic carbocycles. The summed E-state index contributed by atoms with van der Waals surface area (Å²) in [5.74, 6) is 1.28. The first-order valence-electron chi connectivity index (χ1n) is 10.3. The van der Waals surface area contributed by atoms with Gasteiger partial charge in [0.1, 0.15) is 5.76 Å². The van der Waals surface area contributed by atoms with Gasteiger partial charge in [-0.3, -0.25) is 9.80 Å². The van der Waals surface area contributed by atoms with Crippen LogP contribution in [-0.4, -0.2) is 66.1 Å². The minimum Gasteiger partial charge on any atom is -0.496 e. The minimum atomic E-state index is 0.293. The molecule has 0 spiro atoms. The summed E-state index contributed by atoms with van der Waals surface area (Å²) in [6, 6.07) is 10.9. The van der Waals surface area contributed by atoms with Crippen molar-refractivity contribution in [1.29, 1.82) is 0 Å². The van der Waals surface area contributed by atoms with Gasteiger partial charge in [0.25, 0.3) is 0 Å². The van der Waals surface area contributed by atoms with E-state index in [-0.39, 0.29) is 0 Å². The van der Waals surface area contributed by atoms with Crippen LogP contribution in [0.2, 0.25) is 0 Å². The summed E-state index contributed by atoms with van der Waals surface area (Å²) < 4.78 is 6.10. The standard InChI is InChI=1S/C22H33N3O/c1-3-20-21-16-22(10-15-26-21,18-24(20)4-2)25-13-11-23(12-14-25)17-19-8-6-5-7-9-19/h5-9H,3-4,10-18H2,1-2H3. The van der Waals surface area contributed by atoms with Crippen molar-refractivity contribution in [2.75, 3.05) is 45.9 Å². The molecule has 142 valence electrons. The first-order valence-corrected chi connectivity index (χ1v) is 10.3. The van der Waals surface area contributed by atoms with Crippen molar-refractivity contribution in [3.05, 3.63) is 47.4 Å². The van der Waals surface area contributed by atoms with E-state index in [1.165, 1.54) is 56.2 Å². The number of benzene rings is 1. The van der Waals surface area contributed by atoms with Gasteiger partial charge in [0, 0.05) is 64.2 Å². The lowest BCUT2D eigenvalue weighted by molar-refractivity contribution is -0.0523. The monoisotopic (exact) mass is 355 g/mol. The average Bonchev–Trinajstić information content (AvgIpc) is 2.69. The normalized spacial score (nSPS) is 27.5. The van der Waals surface area contributed by atoms with Crippen molar-refractivity contribution in [3.63, 3.8) is 0 Å². The fourth-order valence-electron chi connectivity index (χ4n) is 5.07. The molecule has 26 heavy (non-hydrogen) atoms. The zero-order chi connectivity index (χ0) is 18.0. The van der Waals surface area contributed by atoms with Crippen LogP contribution in [0.1, 0.15) is 38.7 Å². The quantitative estimate of drug-likeness (QED) is 0.806. The van der Waals surface area contributed by atoms with Gasteiger partial charge in [-0.1, -0.05) is 37.3 Å². The van der Waals surface area contributed by atoms with E-state index in [4.69, 9.17) is 4.74 Å². The molecule has 0 amide bonds. The molecule has 1 atom stereocenters.